The minimum atomic E-state index is -0.496. The monoisotopic (exact) mass is 800 g/mol. The van der Waals surface area contributed by atoms with Gasteiger partial charge in [-0.1, -0.05) is 194 Å². The normalized spacial score (nSPS) is 12.9. The van der Waals surface area contributed by atoms with Crippen LogP contribution in [0.15, 0.2) is 243 Å². The fourth-order valence-corrected chi connectivity index (χ4v) is 11.1. The fraction of sp³-hybridized carbons (Fsp3) is 0.0164. The number of fused-ring (bicyclic) bond motifs is 12. The van der Waals surface area contributed by atoms with E-state index in [-0.39, 0.29) is 0 Å². The van der Waals surface area contributed by atoms with Gasteiger partial charge < -0.3 is 9.47 Å². The van der Waals surface area contributed by atoms with Gasteiger partial charge in [0, 0.05) is 33.4 Å². The van der Waals surface area contributed by atoms with Crippen molar-refractivity contribution in [2.24, 2.45) is 0 Å². The van der Waals surface area contributed by atoms with Gasteiger partial charge in [-0.15, -0.1) is 0 Å². The van der Waals surface area contributed by atoms with E-state index < -0.39 is 5.41 Å². The summed E-state index contributed by atoms with van der Waals surface area (Å²) in [6.07, 6.45) is 0. The van der Waals surface area contributed by atoms with Gasteiger partial charge in [-0.2, -0.15) is 0 Å². The van der Waals surface area contributed by atoms with E-state index >= 15 is 0 Å². The number of anilines is 3. The molecule has 0 spiro atoms. The van der Waals surface area contributed by atoms with Crippen LogP contribution in [0.25, 0.3) is 70.9 Å². The van der Waals surface area contributed by atoms with Crippen molar-refractivity contribution in [2.75, 3.05) is 4.90 Å². The summed E-state index contributed by atoms with van der Waals surface area (Å²) < 4.78 is 2.53. The Kier molecular flexibility index (Phi) is 7.85. The summed E-state index contributed by atoms with van der Waals surface area (Å²) in [6.45, 7) is 0. The second-order valence-corrected chi connectivity index (χ2v) is 16.8. The van der Waals surface area contributed by atoms with Crippen LogP contribution in [-0.4, -0.2) is 4.57 Å². The molecular weight excluding hydrogens is 761 g/mol. The minimum Gasteiger partial charge on any atom is -0.310 e. The van der Waals surface area contributed by atoms with Crippen LogP contribution >= 0.6 is 0 Å². The highest BCUT2D eigenvalue weighted by atomic mass is 15.1. The quantitative estimate of drug-likeness (QED) is 0.152. The van der Waals surface area contributed by atoms with Gasteiger partial charge in [0.1, 0.15) is 0 Å². The van der Waals surface area contributed by atoms with Crippen LogP contribution in [0.1, 0.15) is 22.3 Å². The number of nitrogens with zero attached hydrogens (tertiary/aromatic N) is 2. The van der Waals surface area contributed by atoms with Crippen LogP contribution in [-0.2, 0) is 5.41 Å². The smallest absolute Gasteiger partial charge is 0.0714 e. The van der Waals surface area contributed by atoms with Crippen molar-refractivity contribution in [3.8, 4) is 16.8 Å². The molecule has 11 aromatic carbocycles. The molecule has 0 saturated heterocycles. The average molecular weight is 801 g/mol. The zero-order chi connectivity index (χ0) is 41.5. The number of rotatable bonds is 6. The lowest BCUT2D eigenvalue weighted by Gasteiger charge is -2.34. The lowest BCUT2D eigenvalue weighted by molar-refractivity contribution is 0.768. The highest BCUT2D eigenvalue weighted by Crippen LogP contribution is 2.58. The molecule has 0 radical (unpaired) electrons. The van der Waals surface area contributed by atoms with Gasteiger partial charge in [0.05, 0.1) is 22.1 Å². The molecule has 63 heavy (non-hydrogen) atoms. The summed E-state index contributed by atoms with van der Waals surface area (Å²) in [6, 6.07) is 89.6. The van der Waals surface area contributed by atoms with E-state index in [1.165, 1.54) is 87.7 Å². The second kappa shape index (κ2) is 13.9. The second-order valence-electron chi connectivity index (χ2n) is 16.8. The number of para-hydroxylation sites is 2. The molecule has 2 heteroatoms. The Morgan fingerprint density at radius 1 is 0.302 bits per heavy atom. The SMILES string of the molecule is c1ccc(N(c2ccc3c4ccccc4c4ccccc4c3c2)c2ccc3c4ccccc4n(-c4cccc5c4-c4ccccc4C5(c4ccccc4)c4ccccc4)c3c2)cc1. The zero-order valence-electron chi connectivity index (χ0n) is 34.5. The van der Waals surface area contributed by atoms with Crippen molar-refractivity contribution in [1.29, 1.82) is 0 Å². The van der Waals surface area contributed by atoms with Crippen molar-refractivity contribution >= 4 is 71.2 Å². The van der Waals surface area contributed by atoms with Crippen molar-refractivity contribution in [3.05, 3.63) is 265 Å². The Morgan fingerprint density at radius 2 is 0.778 bits per heavy atom. The first-order chi connectivity index (χ1) is 31.3. The molecule has 13 rings (SSSR count). The predicted molar refractivity (Wildman–Crippen MR) is 265 cm³/mol. The van der Waals surface area contributed by atoms with E-state index in [2.05, 4.69) is 252 Å². The minimum absolute atomic E-state index is 0.496. The van der Waals surface area contributed by atoms with Crippen molar-refractivity contribution in [3.63, 3.8) is 0 Å². The van der Waals surface area contributed by atoms with E-state index in [1.807, 2.05) is 0 Å². The lowest BCUT2D eigenvalue weighted by Crippen LogP contribution is -2.28. The molecule has 0 N–H and O–H groups in total. The van der Waals surface area contributed by atoms with E-state index in [1.54, 1.807) is 0 Å². The van der Waals surface area contributed by atoms with E-state index in [0.717, 1.165) is 22.6 Å². The fourth-order valence-electron chi connectivity index (χ4n) is 11.1. The number of benzene rings is 11. The van der Waals surface area contributed by atoms with Crippen LogP contribution < -0.4 is 4.90 Å². The molecular formula is C61H40N2. The van der Waals surface area contributed by atoms with Gasteiger partial charge in [0.2, 0.25) is 0 Å². The Balaban J connectivity index is 1.09. The highest BCUT2D eigenvalue weighted by Gasteiger charge is 2.47. The maximum atomic E-state index is 2.53. The molecule has 2 nitrogen and oxygen atoms in total. The van der Waals surface area contributed by atoms with Crippen molar-refractivity contribution in [1.82, 2.24) is 4.57 Å². The predicted octanol–water partition coefficient (Wildman–Crippen LogP) is 16.1. The third-order valence-corrected chi connectivity index (χ3v) is 13.6. The van der Waals surface area contributed by atoms with Crippen LogP contribution in [0.5, 0.6) is 0 Å². The lowest BCUT2D eigenvalue weighted by atomic mass is 9.68. The summed E-state index contributed by atoms with van der Waals surface area (Å²) in [7, 11) is 0. The summed E-state index contributed by atoms with van der Waals surface area (Å²) in [5.41, 5.74) is 14.0. The molecule has 294 valence electrons. The number of aromatic nitrogens is 1. The molecule has 1 heterocycles. The first-order valence-corrected chi connectivity index (χ1v) is 21.9. The van der Waals surface area contributed by atoms with Crippen LogP contribution in [0, 0.1) is 0 Å². The Morgan fingerprint density at radius 3 is 1.44 bits per heavy atom. The van der Waals surface area contributed by atoms with Gasteiger partial charge in [0.25, 0.3) is 0 Å². The molecule has 1 aliphatic carbocycles. The molecule has 1 aliphatic rings. The molecule has 0 unspecified atom stereocenters. The average Bonchev–Trinajstić information content (AvgIpc) is 3.86. The molecule has 1 aromatic heterocycles. The number of hydrogen-bond donors (Lipinski definition) is 0. The summed E-state index contributed by atoms with van der Waals surface area (Å²) in [4.78, 5) is 2.42. The van der Waals surface area contributed by atoms with Gasteiger partial charge in [0.15, 0.2) is 0 Å². The third kappa shape index (κ3) is 5.13. The van der Waals surface area contributed by atoms with E-state index in [4.69, 9.17) is 0 Å². The summed E-state index contributed by atoms with van der Waals surface area (Å²) >= 11 is 0. The van der Waals surface area contributed by atoms with Crippen LogP contribution in [0.2, 0.25) is 0 Å². The maximum Gasteiger partial charge on any atom is 0.0714 e. The van der Waals surface area contributed by atoms with Crippen LogP contribution in [0.4, 0.5) is 17.1 Å². The van der Waals surface area contributed by atoms with Crippen molar-refractivity contribution < 1.29 is 0 Å². The molecule has 0 bridgehead atoms. The maximum absolute atomic E-state index is 2.53. The van der Waals surface area contributed by atoms with Gasteiger partial charge in [-0.3, -0.25) is 0 Å². The largest absolute Gasteiger partial charge is 0.310 e. The third-order valence-electron chi connectivity index (χ3n) is 13.6. The molecule has 0 saturated carbocycles. The first-order valence-electron chi connectivity index (χ1n) is 21.9. The Hall–Kier alpha value is -8.20. The molecule has 12 aromatic rings. The first kappa shape index (κ1) is 35.5. The summed E-state index contributed by atoms with van der Waals surface area (Å²) in [5, 5.41) is 10.1. The topological polar surface area (TPSA) is 8.17 Å². The van der Waals surface area contributed by atoms with Crippen LogP contribution in [0.3, 0.4) is 0 Å². The molecule has 0 aliphatic heterocycles. The van der Waals surface area contributed by atoms with Gasteiger partial charge >= 0.3 is 0 Å². The Bertz CT molecular complexity index is 3660. The van der Waals surface area contributed by atoms with Gasteiger partial charge in [-0.25, -0.2) is 0 Å². The standard InChI is InChI=1S/C61H40N2/c1-4-19-41(20-5-1)61(42-21-6-2-7-22-42)55-31-16-14-30-53(55)60-56(61)32-18-34-58(60)63-57-33-17-15-29-51(57)52-38-36-45(40-59(52)63)62(43-23-8-3-9-24-43)44-35-37-50-48-27-11-10-25-46(48)47-26-12-13-28-49(47)54(50)39-44/h1-40H. The van der Waals surface area contributed by atoms with E-state index in [0.29, 0.717) is 0 Å². The highest BCUT2D eigenvalue weighted by molar-refractivity contribution is 6.26. The zero-order valence-corrected chi connectivity index (χ0v) is 34.5. The van der Waals surface area contributed by atoms with Crippen molar-refractivity contribution in [2.45, 2.75) is 5.41 Å². The number of hydrogen-bond acceptors (Lipinski definition) is 1. The summed E-state index contributed by atoms with van der Waals surface area (Å²) in [5.74, 6) is 0. The molecule has 0 fully saturated rings. The van der Waals surface area contributed by atoms with Gasteiger partial charge in [-0.05, 0) is 109 Å². The Labute approximate surface area is 366 Å². The molecule has 0 amide bonds. The molecule has 0 atom stereocenters. The van der Waals surface area contributed by atoms with E-state index in [9.17, 15) is 0 Å².